The minimum Gasteiger partial charge on any atom is -0.464 e. The van der Waals surface area contributed by atoms with Crippen molar-refractivity contribution in [2.75, 3.05) is 7.11 Å². The minimum absolute atomic E-state index is 0.366. The van der Waals surface area contributed by atoms with Gasteiger partial charge in [-0.05, 0) is 19.1 Å². The van der Waals surface area contributed by atoms with Gasteiger partial charge >= 0.3 is 5.97 Å². The van der Waals surface area contributed by atoms with Gasteiger partial charge in [0.2, 0.25) is 0 Å². The Balaban J connectivity index is 2.85. The van der Waals surface area contributed by atoms with Crippen LogP contribution in [0.4, 0.5) is 0 Å². The zero-order valence-corrected chi connectivity index (χ0v) is 5.68. The van der Waals surface area contributed by atoms with Crippen LogP contribution in [-0.4, -0.2) is 18.1 Å². The van der Waals surface area contributed by atoms with Crippen LogP contribution >= 0.6 is 0 Å². The summed E-state index contributed by atoms with van der Waals surface area (Å²) < 4.78 is 4.45. The van der Waals surface area contributed by atoms with Crippen molar-refractivity contribution in [3.05, 3.63) is 30.4 Å². The molecule has 0 fully saturated rings. The third kappa shape index (κ3) is 1.18. The van der Waals surface area contributed by atoms with Crippen LogP contribution in [0.1, 0.15) is 16.2 Å². The van der Waals surface area contributed by atoms with Crippen molar-refractivity contribution in [3.8, 4) is 0 Å². The summed E-state index contributed by atoms with van der Waals surface area (Å²) in [5, 5.41) is 0. The molecule has 10 heavy (non-hydrogen) atoms. The lowest BCUT2D eigenvalue weighted by atomic mass is 10.4. The number of methoxy groups -OCH3 is 1. The largest absolute Gasteiger partial charge is 0.464 e. The third-order valence-electron chi connectivity index (χ3n) is 1.15. The van der Waals surface area contributed by atoms with Crippen molar-refractivity contribution >= 4 is 5.97 Å². The summed E-state index contributed by atoms with van der Waals surface area (Å²) >= 11 is 0. The number of ether oxygens (including phenoxy) is 1. The van der Waals surface area contributed by atoms with Gasteiger partial charge in [-0.2, -0.15) is 0 Å². The summed E-state index contributed by atoms with van der Waals surface area (Å²) in [7, 11) is 1.34. The molecule has 0 aromatic carbocycles. The van der Waals surface area contributed by atoms with Crippen molar-refractivity contribution in [2.24, 2.45) is 0 Å². The fourth-order valence-electron chi connectivity index (χ4n) is 0.669. The van der Waals surface area contributed by atoms with E-state index in [1.54, 1.807) is 12.1 Å². The zero-order valence-electron chi connectivity index (χ0n) is 5.68. The lowest BCUT2D eigenvalue weighted by molar-refractivity contribution is 0.0595. The first-order valence-corrected chi connectivity index (χ1v) is 2.83. The quantitative estimate of drug-likeness (QED) is 0.588. The molecule has 0 aliphatic rings. The molecule has 0 atom stereocenters. The molecule has 1 aromatic heterocycles. The fourth-order valence-corrected chi connectivity index (χ4v) is 0.669. The predicted molar refractivity (Wildman–Crippen MR) is 36.6 cm³/mol. The summed E-state index contributed by atoms with van der Waals surface area (Å²) in [6.07, 6.45) is 0. The summed E-state index contributed by atoms with van der Waals surface area (Å²) in [5.74, 6) is -0.366. The van der Waals surface area contributed by atoms with E-state index in [1.807, 2.05) is 0 Å². The van der Waals surface area contributed by atoms with Crippen molar-refractivity contribution in [1.29, 1.82) is 0 Å². The van der Waals surface area contributed by atoms with Crippen LogP contribution in [0.2, 0.25) is 0 Å². The molecule has 3 nitrogen and oxygen atoms in total. The molecule has 0 aliphatic heterocycles. The average Bonchev–Trinajstić information content (AvgIpc) is 2.34. The monoisotopic (exact) mass is 138 g/mol. The Hall–Kier alpha value is -1.25. The predicted octanol–water partition coefficient (Wildman–Crippen LogP) is 0.983. The van der Waals surface area contributed by atoms with E-state index < -0.39 is 0 Å². The second-order valence-electron chi connectivity index (χ2n) is 1.89. The molecule has 1 aromatic rings. The first kappa shape index (κ1) is 6.86. The smallest absolute Gasteiger partial charge is 0.354 e. The van der Waals surface area contributed by atoms with Gasteiger partial charge in [-0.3, -0.25) is 0 Å². The van der Waals surface area contributed by atoms with Gasteiger partial charge in [-0.15, -0.1) is 0 Å². The highest BCUT2D eigenvalue weighted by molar-refractivity contribution is 5.87. The lowest BCUT2D eigenvalue weighted by Crippen LogP contribution is -2.00. The number of aromatic nitrogens is 1. The molecule has 0 bridgehead atoms. The second kappa shape index (κ2) is 2.56. The topological polar surface area (TPSA) is 42.1 Å². The van der Waals surface area contributed by atoms with Crippen LogP contribution < -0.4 is 0 Å². The van der Waals surface area contributed by atoms with Gasteiger partial charge in [0.15, 0.2) is 0 Å². The van der Waals surface area contributed by atoms with Gasteiger partial charge in [-0.25, -0.2) is 4.79 Å². The van der Waals surface area contributed by atoms with Crippen molar-refractivity contribution in [1.82, 2.24) is 4.98 Å². The molecule has 0 saturated carbocycles. The molecule has 1 radical (unpaired) electrons. The normalized spacial score (nSPS) is 9.40. The van der Waals surface area contributed by atoms with E-state index in [2.05, 4.69) is 16.6 Å². The Morgan fingerprint density at radius 3 is 2.80 bits per heavy atom. The molecular formula is C7H8NO2. The van der Waals surface area contributed by atoms with Crippen LogP contribution in [0.5, 0.6) is 0 Å². The van der Waals surface area contributed by atoms with Crippen LogP contribution in [0, 0.1) is 6.92 Å². The van der Waals surface area contributed by atoms with Crippen LogP contribution in [0.25, 0.3) is 0 Å². The van der Waals surface area contributed by atoms with Gasteiger partial charge in [0.25, 0.3) is 0 Å². The molecule has 0 saturated heterocycles. The van der Waals surface area contributed by atoms with E-state index in [4.69, 9.17) is 0 Å². The summed E-state index contributed by atoms with van der Waals surface area (Å²) in [6, 6.07) is 3.35. The summed E-state index contributed by atoms with van der Waals surface area (Å²) in [6.45, 7) is 3.59. The number of carbonyl (C=O) groups is 1. The highest BCUT2D eigenvalue weighted by Gasteiger charge is 2.04. The first-order chi connectivity index (χ1) is 4.74. The maximum Gasteiger partial charge on any atom is 0.354 e. The number of hydrogen-bond acceptors (Lipinski definition) is 2. The van der Waals surface area contributed by atoms with Crippen LogP contribution in [0.3, 0.4) is 0 Å². The molecule has 0 amide bonds. The molecule has 3 heteroatoms. The molecule has 53 valence electrons. The summed E-state index contributed by atoms with van der Waals surface area (Å²) in [5.41, 5.74) is 1.15. The molecule has 0 spiro atoms. The average molecular weight is 138 g/mol. The van der Waals surface area contributed by atoms with Crippen LogP contribution in [-0.2, 0) is 4.74 Å². The van der Waals surface area contributed by atoms with Crippen LogP contribution in [0.15, 0.2) is 12.1 Å². The highest BCUT2D eigenvalue weighted by atomic mass is 16.5. The van der Waals surface area contributed by atoms with Gasteiger partial charge < -0.3 is 9.72 Å². The van der Waals surface area contributed by atoms with E-state index >= 15 is 0 Å². The first-order valence-electron chi connectivity index (χ1n) is 2.83. The Morgan fingerprint density at radius 2 is 2.40 bits per heavy atom. The minimum atomic E-state index is -0.366. The van der Waals surface area contributed by atoms with Gasteiger partial charge in [-0.1, -0.05) is 0 Å². The van der Waals surface area contributed by atoms with Gasteiger partial charge in [0, 0.05) is 5.69 Å². The number of hydrogen-bond donors (Lipinski definition) is 1. The van der Waals surface area contributed by atoms with Crippen molar-refractivity contribution < 1.29 is 9.53 Å². The van der Waals surface area contributed by atoms with E-state index in [9.17, 15) is 4.79 Å². The highest BCUT2D eigenvalue weighted by Crippen LogP contribution is 2.00. The van der Waals surface area contributed by atoms with E-state index in [0.717, 1.165) is 0 Å². The molecule has 1 rings (SSSR count). The number of esters is 1. The Kier molecular flexibility index (Phi) is 1.76. The maximum absolute atomic E-state index is 10.7. The number of rotatable bonds is 1. The van der Waals surface area contributed by atoms with E-state index in [1.165, 1.54) is 7.11 Å². The third-order valence-corrected chi connectivity index (χ3v) is 1.15. The standard InChI is InChI=1S/C7H8NO2/c1-5-3-4-6(8-5)7(9)10-2/h3-4,8H,1H2,2H3. The molecular weight excluding hydrogens is 130 g/mol. The number of nitrogens with one attached hydrogen (secondary N) is 1. The zero-order chi connectivity index (χ0) is 7.56. The Labute approximate surface area is 59.0 Å². The van der Waals surface area contributed by atoms with E-state index in [-0.39, 0.29) is 5.97 Å². The van der Waals surface area contributed by atoms with Gasteiger partial charge in [0.1, 0.15) is 5.69 Å². The second-order valence-corrected chi connectivity index (χ2v) is 1.89. The fraction of sp³-hybridized carbons (Fsp3) is 0.143. The maximum atomic E-state index is 10.7. The molecule has 0 unspecified atom stereocenters. The Bertz CT molecular complexity index is 240. The SMILES string of the molecule is [CH2]c1ccc(C(=O)OC)[nH]1. The number of carbonyl (C=O) groups excluding carboxylic acids is 1. The molecule has 1 N–H and O–H groups in total. The van der Waals surface area contributed by atoms with E-state index in [0.29, 0.717) is 11.4 Å². The van der Waals surface area contributed by atoms with Crippen molar-refractivity contribution in [2.45, 2.75) is 0 Å². The summed E-state index contributed by atoms with van der Waals surface area (Å²) in [4.78, 5) is 13.5. The molecule has 0 aliphatic carbocycles. The Morgan fingerprint density at radius 1 is 1.70 bits per heavy atom. The molecule has 1 heterocycles. The van der Waals surface area contributed by atoms with Gasteiger partial charge in [0.05, 0.1) is 7.11 Å². The van der Waals surface area contributed by atoms with Crippen molar-refractivity contribution in [3.63, 3.8) is 0 Å². The number of aromatic amines is 1. The number of H-pyrrole nitrogens is 1. The lowest BCUT2D eigenvalue weighted by Gasteiger charge is -1.92.